The van der Waals surface area contributed by atoms with Crippen molar-refractivity contribution in [2.75, 3.05) is 21.0 Å². The van der Waals surface area contributed by atoms with Gasteiger partial charge in [-0.15, -0.1) is 0 Å². The van der Waals surface area contributed by atoms with Gasteiger partial charge in [-0.1, -0.05) is 6.58 Å². The first-order chi connectivity index (χ1) is 6.45. The van der Waals surface area contributed by atoms with Crippen LogP contribution in [0.3, 0.4) is 0 Å². The molecule has 0 aromatic heterocycles. The Morgan fingerprint density at radius 2 is 1.93 bits per heavy atom. The summed E-state index contributed by atoms with van der Waals surface area (Å²) >= 11 is 0. The predicted molar refractivity (Wildman–Crippen MR) is 43.9 cm³/mol. The Labute approximate surface area is 80.2 Å². The lowest BCUT2D eigenvalue weighted by Gasteiger charge is -2.12. The first-order valence-electron chi connectivity index (χ1n) is 3.32. The molecule has 0 unspecified atom stereocenters. The zero-order valence-electron chi connectivity index (χ0n) is 7.69. The summed E-state index contributed by atoms with van der Waals surface area (Å²) in [5, 5.41) is 0. The number of hydrogen-bond donors (Lipinski definition) is 0. The average Bonchev–Trinajstić information content (AvgIpc) is 2.17. The van der Waals surface area contributed by atoms with Crippen molar-refractivity contribution in [2.24, 2.45) is 0 Å². The van der Waals surface area contributed by atoms with Crippen LogP contribution >= 0.6 is 7.82 Å². The van der Waals surface area contributed by atoms with Gasteiger partial charge in [-0.3, -0.25) is 9.05 Å². The van der Waals surface area contributed by atoms with E-state index in [2.05, 4.69) is 24.9 Å². The molecular weight excluding hydrogens is 218 g/mol. The summed E-state index contributed by atoms with van der Waals surface area (Å²) < 4.78 is 40.4. The van der Waals surface area contributed by atoms with Gasteiger partial charge in [0.1, 0.15) is 0 Å². The minimum atomic E-state index is -3.70. The van der Waals surface area contributed by atoms with Crippen molar-refractivity contribution < 1.29 is 32.1 Å². The zero-order valence-corrected chi connectivity index (χ0v) is 8.58. The first-order valence-corrected chi connectivity index (χ1v) is 4.79. The van der Waals surface area contributed by atoms with Crippen molar-refractivity contribution in [2.45, 2.75) is 0 Å². The van der Waals surface area contributed by atoms with E-state index in [1.54, 1.807) is 0 Å². The molecular formula is C6H10FO6P. The standard InChI is InChI=1S/C6H10FO6P/c1-5(7)6(8)12-4-13-14(9,10-2)11-3/h1,4H2,2-3H3. The molecule has 0 N–H and O–H groups in total. The molecule has 0 aliphatic carbocycles. The number of rotatable bonds is 6. The van der Waals surface area contributed by atoms with Gasteiger partial charge in [-0.05, 0) is 0 Å². The fourth-order valence-electron chi connectivity index (χ4n) is 0.403. The van der Waals surface area contributed by atoms with Gasteiger partial charge in [0.25, 0.3) is 0 Å². The van der Waals surface area contributed by atoms with E-state index in [-0.39, 0.29) is 0 Å². The summed E-state index contributed by atoms with van der Waals surface area (Å²) in [6.45, 7) is 1.93. The van der Waals surface area contributed by atoms with Gasteiger partial charge < -0.3 is 4.74 Å². The smallest absolute Gasteiger partial charge is 0.433 e. The second kappa shape index (κ2) is 5.87. The van der Waals surface area contributed by atoms with E-state index in [4.69, 9.17) is 0 Å². The van der Waals surface area contributed by atoms with Gasteiger partial charge >= 0.3 is 13.8 Å². The Kier molecular flexibility index (Phi) is 5.56. The summed E-state index contributed by atoms with van der Waals surface area (Å²) in [6.07, 6.45) is 0. The van der Waals surface area contributed by atoms with Crippen LogP contribution in [0.2, 0.25) is 0 Å². The molecule has 0 atom stereocenters. The summed E-state index contributed by atoms with van der Waals surface area (Å²) in [7, 11) is -1.53. The van der Waals surface area contributed by atoms with Crippen LogP contribution in [0.5, 0.6) is 0 Å². The Morgan fingerprint density at radius 1 is 1.43 bits per heavy atom. The molecule has 0 spiro atoms. The molecule has 0 rings (SSSR count). The van der Waals surface area contributed by atoms with E-state index in [1.165, 1.54) is 0 Å². The lowest BCUT2D eigenvalue weighted by Crippen LogP contribution is -2.08. The zero-order chi connectivity index (χ0) is 11.2. The fraction of sp³-hybridized carbons (Fsp3) is 0.500. The average molecular weight is 228 g/mol. The summed E-state index contributed by atoms with van der Waals surface area (Å²) in [5.41, 5.74) is 0. The Bertz CT molecular complexity index is 257. The number of hydrogen-bond acceptors (Lipinski definition) is 6. The SMILES string of the molecule is C=C(F)C(=O)OCOP(=O)(OC)OC. The third kappa shape index (κ3) is 4.48. The van der Waals surface area contributed by atoms with E-state index >= 15 is 0 Å². The lowest BCUT2D eigenvalue weighted by atomic mass is 10.6. The van der Waals surface area contributed by atoms with Crippen LogP contribution in [-0.4, -0.2) is 27.0 Å². The molecule has 0 amide bonds. The quantitative estimate of drug-likeness (QED) is 0.296. The number of phosphoric acid groups is 1. The summed E-state index contributed by atoms with van der Waals surface area (Å²) in [6, 6.07) is 0. The highest BCUT2D eigenvalue weighted by Gasteiger charge is 2.23. The molecule has 0 bridgehead atoms. The van der Waals surface area contributed by atoms with E-state index < -0.39 is 26.4 Å². The molecule has 82 valence electrons. The minimum absolute atomic E-state index is 0.749. The second-order valence-electron chi connectivity index (χ2n) is 1.90. The highest BCUT2D eigenvalue weighted by molar-refractivity contribution is 7.48. The van der Waals surface area contributed by atoms with Crippen LogP contribution in [0.1, 0.15) is 0 Å². The van der Waals surface area contributed by atoms with Gasteiger partial charge in [-0.2, -0.15) is 4.39 Å². The number of carbonyl (C=O) groups excluding carboxylic acids is 1. The molecule has 0 aliphatic rings. The molecule has 6 nitrogen and oxygen atoms in total. The van der Waals surface area contributed by atoms with Crippen molar-refractivity contribution in [3.8, 4) is 0 Å². The van der Waals surface area contributed by atoms with E-state index in [1.807, 2.05) is 0 Å². The van der Waals surface area contributed by atoms with E-state index in [0.29, 0.717) is 0 Å². The van der Waals surface area contributed by atoms with Crippen LogP contribution in [0, 0.1) is 0 Å². The van der Waals surface area contributed by atoms with Crippen LogP contribution < -0.4 is 0 Å². The number of carbonyl (C=O) groups is 1. The van der Waals surface area contributed by atoms with Gasteiger partial charge in [0, 0.05) is 14.2 Å². The highest BCUT2D eigenvalue weighted by atomic mass is 31.2. The van der Waals surface area contributed by atoms with Crippen molar-refractivity contribution in [3.05, 3.63) is 12.4 Å². The summed E-state index contributed by atoms with van der Waals surface area (Å²) in [5.74, 6) is -2.58. The molecule has 0 aromatic carbocycles. The lowest BCUT2D eigenvalue weighted by molar-refractivity contribution is -0.148. The molecule has 0 heterocycles. The summed E-state index contributed by atoms with van der Waals surface area (Å²) in [4.78, 5) is 10.5. The van der Waals surface area contributed by atoms with Gasteiger partial charge in [0.2, 0.25) is 12.6 Å². The van der Waals surface area contributed by atoms with Crippen LogP contribution in [0.15, 0.2) is 12.4 Å². The third-order valence-corrected chi connectivity index (χ3v) is 2.39. The van der Waals surface area contributed by atoms with Gasteiger partial charge in [-0.25, -0.2) is 13.9 Å². The van der Waals surface area contributed by atoms with Gasteiger partial charge in [0.15, 0.2) is 0 Å². The third-order valence-electron chi connectivity index (χ3n) is 1.07. The number of halogens is 1. The second-order valence-corrected chi connectivity index (χ2v) is 3.78. The fourth-order valence-corrected chi connectivity index (χ4v) is 0.944. The maximum absolute atomic E-state index is 12.0. The van der Waals surface area contributed by atoms with Crippen LogP contribution in [0.25, 0.3) is 0 Å². The molecule has 0 saturated heterocycles. The van der Waals surface area contributed by atoms with Crippen LogP contribution in [0.4, 0.5) is 4.39 Å². The topological polar surface area (TPSA) is 71.1 Å². The molecule has 0 aromatic rings. The predicted octanol–water partition coefficient (Wildman–Crippen LogP) is 1.39. The maximum Gasteiger partial charge on any atom is 0.477 e. The molecule has 14 heavy (non-hydrogen) atoms. The number of esters is 1. The first kappa shape index (κ1) is 13.2. The van der Waals surface area contributed by atoms with Crippen LogP contribution in [-0.2, 0) is 27.7 Å². The molecule has 0 radical (unpaired) electrons. The maximum atomic E-state index is 12.0. The van der Waals surface area contributed by atoms with Crippen molar-refractivity contribution in [1.29, 1.82) is 0 Å². The van der Waals surface area contributed by atoms with E-state index in [9.17, 15) is 13.8 Å². The molecule has 0 fully saturated rings. The minimum Gasteiger partial charge on any atom is -0.433 e. The molecule has 0 saturated carbocycles. The van der Waals surface area contributed by atoms with Crippen molar-refractivity contribution in [3.63, 3.8) is 0 Å². The number of ether oxygens (including phenoxy) is 1. The van der Waals surface area contributed by atoms with E-state index in [0.717, 1.165) is 14.2 Å². The largest absolute Gasteiger partial charge is 0.477 e. The normalized spacial score (nSPS) is 11.1. The number of phosphoric ester groups is 1. The van der Waals surface area contributed by atoms with Crippen molar-refractivity contribution >= 4 is 13.8 Å². The van der Waals surface area contributed by atoms with Crippen molar-refractivity contribution in [1.82, 2.24) is 0 Å². The monoisotopic (exact) mass is 228 g/mol. The van der Waals surface area contributed by atoms with Gasteiger partial charge in [0.05, 0.1) is 0 Å². The Morgan fingerprint density at radius 3 is 2.29 bits per heavy atom. The Balaban J connectivity index is 3.90. The Hall–Kier alpha value is -0.750. The highest BCUT2D eigenvalue weighted by Crippen LogP contribution is 2.47. The molecule has 8 heteroatoms. The molecule has 0 aliphatic heterocycles.